The molecule has 3 rings (SSSR count). The molecule has 2 fully saturated rings. The maximum absolute atomic E-state index is 12.2. The second kappa shape index (κ2) is 10.0. The van der Waals surface area contributed by atoms with Gasteiger partial charge in [0.25, 0.3) is 0 Å². The maximum atomic E-state index is 12.2. The summed E-state index contributed by atoms with van der Waals surface area (Å²) in [5, 5.41) is 6.73. The van der Waals surface area contributed by atoms with E-state index in [-0.39, 0.29) is 5.91 Å². The van der Waals surface area contributed by atoms with Crippen LogP contribution in [0, 0.1) is 5.92 Å². The van der Waals surface area contributed by atoms with E-state index in [2.05, 4.69) is 34.6 Å². The number of anilines is 1. The van der Waals surface area contributed by atoms with Crippen LogP contribution in [-0.2, 0) is 16.1 Å². The van der Waals surface area contributed by atoms with Gasteiger partial charge in [-0.2, -0.15) is 0 Å². The van der Waals surface area contributed by atoms with Crippen LogP contribution in [0.5, 0.6) is 0 Å². The molecule has 5 heteroatoms. The molecule has 0 bridgehead atoms. The van der Waals surface area contributed by atoms with Crippen molar-refractivity contribution in [1.82, 2.24) is 10.2 Å². The van der Waals surface area contributed by atoms with Crippen LogP contribution < -0.4 is 10.6 Å². The lowest BCUT2D eigenvalue weighted by molar-refractivity contribution is -0.116. The van der Waals surface area contributed by atoms with Gasteiger partial charge >= 0.3 is 0 Å². The number of ether oxygens (including phenoxy) is 1. The van der Waals surface area contributed by atoms with Gasteiger partial charge in [-0.25, -0.2) is 0 Å². The summed E-state index contributed by atoms with van der Waals surface area (Å²) in [5.74, 6) is 0.918. The molecule has 1 aliphatic heterocycles. The zero-order valence-electron chi connectivity index (χ0n) is 16.0. The Labute approximate surface area is 157 Å². The highest BCUT2D eigenvalue weighted by atomic mass is 16.5. The Morgan fingerprint density at radius 3 is 2.92 bits per heavy atom. The normalized spacial score (nSPS) is 24.3. The second-order valence-corrected chi connectivity index (χ2v) is 7.80. The smallest absolute Gasteiger partial charge is 0.225 e. The Balaban J connectivity index is 1.42. The van der Waals surface area contributed by atoms with Crippen molar-refractivity contribution < 1.29 is 9.53 Å². The minimum Gasteiger partial charge on any atom is -0.379 e. The van der Waals surface area contributed by atoms with Gasteiger partial charge in [0.05, 0.1) is 13.2 Å². The molecule has 1 amide bonds. The molecule has 2 atom stereocenters. The molecule has 5 nitrogen and oxygen atoms in total. The number of nitrogens with zero attached hydrogens (tertiary/aromatic N) is 1. The molecule has 1 heterocycles. The van der Waals surface area contributed by atoms with E-state index in [1.165, 1.54) is 31.2 Å². The molecule has 26 heavy (non-hydrogen) atoms. The van der Waals surface area contributed by atoms with Gasteiger partial charge in [0.1, 0.15) is 0 Å². The van der Waals surface area contributed by atoms with E-state index >= 15 is 0 Å². The van der Waals surface area contributed by atoms with Crippen LogP contribution in [0.2, 0.25) is 0 Å². The average Bonchev–Trinajstić information content (AvgIpc) is 2.66. The summed E-state index contributed by atoms with van der Waals surface area (Å²) >= 11 is 0. The second-order valence-electron chi connectivity index (χ2n) is 7.80. The number of rotatable bonds is 7. The number of carbonyl (C=O) groups excluding carboxylic acids is 1. The molecular weight excluding hydrogens is 326 g/mol. The summed E-state index contributed by atoms with van der Waals surface area (Å²) in [6.07, 6.45) is 5.78. The van der Waals surface area contributed by atoms with Gasteiger partial charge in [-0.1, -0.05) is 31.9 Å². The van der Waals surface area contributed by atoms with Crippen LogP contribution in [0.4, 0.5) is 5.69 Å². The lowest BCUT2D eigenvalue weighted by atomic mass is 9.87. The van der Waals surface area contributed by atoms with Gasteiger partial charge in [-0.15, -0.1) is 0 Å². The molecule has 1 aromatic carbocycles. The third-order valence-electron chi connectivity index (χ3n) is 5.50. The van der Waals surface area contributed by atoms with E-state index in [0.717, 1.165) is 51.0 Å². The summed E-state index contributed by atoms with van der Waals surface area (Å²) in [4.78, 5) is 14.5. The summed E-state index contributed by atoms with van der Waals surface area (Å²) in [5.41, 5.74) is 2.13. The molecule has 1 saturated heterocycles. The van der Waals surface area contributed by atoms with Crippen molar-refractivity contribution in [2.45, 2.75) is 51.6 Å². The zero-order chi connectivity index (χ0) is 18.2. The molecule has 1 aromatic rings. The Kier molecular flexibility index (Phi) is 7.47. The van der Waals surface area contributed by atoms with Crippen molar-refractivity contribution in [2.75, 3.05) is 38.2 Å². The molecule has 0 spiro atoms. The van der Waals surface area contributed by atoms with Crippen LogP contribution in [-0.4, -0.2) is 49.7 Å². The highest BCUT2D eigenvalue weighted by molar-refractivity contribution is 5.90. The van der Waals surface area contributed by atoms with Crippen molar-refractivity contribution in [3.8, 4) is 0 Å². The topological polar surface area (TPSA) is 53.6 Å². The summed E-state index contributed by atoms with van der Waals surface area (Å²) in [6.45, 7) is 7.42. The third-order valence-corrected chi connectivity index (χ3v) is 5.50. The summed E-state index contributed by atoms with van der Waals surface area (Å²) < 4.78 is 5.34. The molecular formula is C21H33N3O2. The van der Waals surface area contributed by atoms with Crippen molar-refractivity contribution in [2.24, 2.45) is 5.92 Å². The predicted octanol–water partition coefficient (Wildman–Crippen LogP) is 3.02. The van der Waals surface area contributed by atoms with Crippen LogP contribution in [0.1, 0.15) is 44.6 Å². The molecule has 2 N–H and O–H groups in total. The molecule has 1 aliphatic carbocycles. The van der Waals surface area contributed by atoms with E-state index in [1.807, 2.05) is 12.1 Å². The number of hydrogen-bond acceptors (Lipinski definition) is 4. The van der Waals surface area contributed by atoms with Crippen LogP contribution >= 0.6 is 0 Å². The molecule has 2 aliphatic rings. The highest BCUT2D eigenvalue weighted by Crippen LogP contribution is 2.23. The van der Waals surface area contributed by atoms with Gasteiger partial charge < -0.3 is 15.4 Å². The van der Waals surface area contributed by atoms with Gasteiger partial charge in [0.2, 0.25) is 5.91 Å². The summed E-state index contributed by atoms with van der Waals surface area (Å²) in [7, 11) is 0. The van der Waals surface area contributed by atoms with Crippen molar-refractivity contribution >= 4 is 11.6 Å². The van der Waals surface area contributed by atoms with Gasteiger partial charge in [-0.3, -0.25) is 9.69 Å². The minimum absolute atomic E-state index is 0.0858. The summed E-state index contributed by atoms with van der Waals surface area (Å²) in [6, 6.07) is 8.84. The number of carbonyl (C=O) groups is 1. The number of nitrogens with one attached hydrogen (secondary N) is 2. The highest BCUT2D eigenvalue weighted by Gasteiger charge is 2.18. The van der Waals surface area contributed by atoms with Crippen LogP contribution in [0.25, 0.3) is 0 Å². The Bertz CT molecular complexity index is 572. The lowest BCUT2D eigenvalue weighted by Gasteiger charge is -2.27. The predicted molar refractivity (Wildman–Crippen MR) is 105 cm³/mol. The van der Waals surface area contributed by atoms with Crippen LogP contribution in [0.15, 0.2) is 24.3 Å². The molecule has 1 saturated carbocycles. The van der Waals surface area contributed by atoms with E-state index < -0.39 is 0 Å². The molecule has 0 aromatic heterocycles. The van der Waals surface area contributed by atoms with Gasteiger partial charge in [0.15, 0.2) is 0 Å². The SMILES string of the molecule is CC1CCCC(NCc2cccc(NC(=O)CCN3CCOCC3)c2)C1. The monoisotopic (exact) mass is 359 g/mol. The quantitative estimate of drug-likeness (QED) is 0.786. The maximum Gasteiger partial charge on any atom is 0.225 e. The fourth-order valence-electron chi connectivity index (χ4n) is 3.95. The van der Waals surface area contributed by atoms with E-state index in [9.17, 15) is 4.79 Å². The molecule has 144 valence electrons. The number of amides is 1. The van der Waals surface area contributed by atoms with Gasteiger partial charge in [0, 0.05) is 44.3 Å². The Morgan fingerprint density at radius 1 is 1.27 bits per heavy atom. The lowest BCUT2D eigenvalue weighted by Crippen LogP contribution is -2.38. The van der Waals surface area contributed by atoms with E-state index in [1.54, 1.807) is 0 Å². The number of benzene rings is 1. The van der Waals surface area contributed by atoms with E-state index in [0.29, 0.717) is 12.5 Å². The fourth-order valence-corrected chi connectivity index (χ4v) is 3.95. The average molecular weight is 360 g/mol. The van der Waals surface area contributed by atoms with Crippen molar-refractivity contribution in [3.05, 3.63) is 29.8 Å². The first-order chi connectivity index (χ1) is 12.7. The van der Waals surface area contributed by atoms with Crippen molar-refractivity contribution in [1.29, 1.82) is 0 Å². The molecule has 0 radical (unpaired) electrons. The first-order valence-electron chi connectivity index (χ1n) is 10.1. The standard InChI is InChI=1S/C21H33N3O2/c1-17-4-2-6-19(14-17)22-16-18-5-3-7-20(15-18)23-21(25)8-9-24-10-12-26-13-11-24/h3,5,7,15,17,19,22H,2,4,6,8-14,16H2,1H3,(H,23,25). The largest absolute Gasteiger partial charge is 0.379 e. The van der Waals surface area contributed by atoms with Crippen molar-refractivity contribution in [3.63, 3.8) is 0 Å². The van der Waals surface area contributed by atoms with Gasteiger partial charge in [-0.05, 0) is 36.5 Å². The first-order valence-corrected chi connectivity index (χ1v) is 10.1. The van der Waals surface area contributed by atoms with E-state index in [4.69, 9.17) is 4.74 Å². The Hall–Kier alpha value is -1.43. The number of morpholine rings is 1. The first kappa shape index (κ1) is 19.3. The molecule has 2 unspecified atom stereocenters. The fraction of sp³-hybridized carbons (Fsp3) is 0.667. The zero-order valence-corrected chi connectivity index (χ0v) is 16.0. The third kappa shape index (κ3) is 6.38. The minimum atomic E-state index is 0.0858. The van der Waals surface area contributed by atoms with Crippen LogP contribution in [0.3, 0.4) is 0 Å². The number of hydrogen-bond donors (Lipinski definition) is 2. The Morgan fingerprint density at radius 2 is 2.12 bits per heavy atom.